The van der Waals surface area contributed by atoms with Gasteiger partial charge in [-0.25, -0.2) is 0 Å². The summed E-state index contributed by atoms with van der Waals surface area (Å²) in [5, 5.41) is 3.51. The fraction of sp³-hybridized carbons (Fsp3) is 0.412. The summed E-state index contributed by atoms with van der Waals surface area (Å²) in [6.07, 6.45) is 1.82. The smallest absolute Gasteiger partial charge is 0.124 e. The zero-order valence-electron chi connectivity index (χ0n) is 12.7. The van der Waals surface area contributed by atoms with Gasteiger partial charge in [0.25, 0.3) is 0 Å². The minimum absolute atomic E-state index is 0.0962. The third kappa shape index (κ3) is 3.23. The summed E-state index contributed by atoms with van der Waals surface area (Å²) in [6.45, 7) is 9.73. The highest BCUT2D eigenvalue weighted by Gasteiger charge is 2.19. The van der Waals surface area contributed by atoms with E-state index in [1.54, 1.807) is 0 Å². The van der Waals surface area contributed by atoms with Crippen molar-refractivity contribution in [3.8, 4) is 5.75 Å². The first-order chi connectivity index (χ1) is 9.65. The highest BCUT2D eigenvalue weighted by Crippen LogP contribution is 2.32. The molecule has 108 valence electrons. The van der Waals surface area contributed by atoms with Crippen LogP contribution in [0.2, 0.25) is 0 Å². The number of hydrogen-bond donors (Lipinski definition) is 1. The molecule has 0 spiro atoms. The van der Waals surface area contributed by atoms with Crippen molar-refractivity contribution in [3.05, 3.63) is 53.0 Å². The van der Waals surface area contributed by atoms with Crippen LogP contribution in [0.4, 0.5) is 0 Å². The van der Waals surface area contributed by atoms with Crippen molar-refractivity contribution >= 4 is 0 Å². The zero-order valence-corrected chi connectivity index (χ0v) is 12.7. The minimum Gasteiger partial charge on any atom is -0.494 e. The molecule has 0 radical (unpaired) electrons. The van der Waals surface area contributed by atoms with Crippen LogP contribution in [0.15, 0.2) is 34.9 Å². The van der Waals surface area contributed by atoms with Crippen molar-refractivity contribution in [2.75, 3.05) is 13.2 Å². The van der Waals surface area contributed by atoms with Crippen molar-refractivity contribution in [3.63, 3.8) is 0 Å². The van der Waals surface area contributed by atoms with Gasteiger partial charge in [0.1, 0.15) is 11.5 Å². The van der Waals surface area contributed by atoms with Gasteiger partial charge in [0, 0.05) is 11.1 Å². The molecule has 0 amide bonds. The molecule has 3 nitrogen and oxygen atoms in total. The van der Waals surface area contributed by atoms with Gasteiger partial charge < -0.3 is 14.5 Å². The van der Waals surface area contributed by atoms with Crippen molar-refractivity contribution < 1.29 is 9.15 Å². The van der Waals surface area contributed by atoms with E-state index in [4.69, 9.17) is 9.15 Å². The second-order valence-corrected chi connectivity index (χ2v) is 4.96. The van der Waals surface area contributed by atoms with Crippen molar-refractivity contribution in [2.24, 2.45) is 0 Å². The molecule has 1 unspecified atom stereocenters. The highest BCUT2D eigenvalue weighted by molar-refractivity contribution is 5.43. The van der Waals surface area contributed by atoms with Gasteiger partial charge in [0.2, 0.25) is 0 Å². The first-order valence-electron chi connectivity index (χ1n) is 7.17. The Bertz CT molecular complexity index is 560. The summed E-state index contributed by atoms with van der Waals surface area (Å²) in [6, 6.07) is 8.48. The second kappa shape index (κ2) is 6.62. The zero-order chi connectivity index (χ0) is 14.5. The summed E-state index contributed by atoms with van der Waals surface area (Å²) in [5.41, 5.74) is 3.52. The van der Waals surface area contributed by atoms with Gasteiger partial charge in [-0.3, -0.25) is 0 Å². The van der Waals surface area contributed by atoms with E-state index in [1.807, 2.05) is 26.2 Å². The molecule has 1 aromatic carbocycles. The summed E-state index contributed by atoms with van der Waals surface area (Å²) in [4.78, 5) is 0. The van der Waals surface area contributed by atoms with Crippen molar-refractivity contribution in [1.29, 1.82) is 0 Å². The Morgan fingerprint density at radius 2 is 2.00 bits per heavy atom. The number of furan rings is 1. The third-order valence-corrected chi connectivity index (χ3v) is 3.27. The van der Waals surface area contributed by atoms with Crippen LogP contribution in [-0.2, 0) is 0 Å². The molecule has 0 fully saturated rings. The molecule has 0 bridgehead atoms. The van der Waals surface area contributed by atoms with Crippen LogP contribution in [0.1, 0.15) is 42.3 Å². The highest BCUT2D eigenvalue weighted by atomic mass is 16.5. The predicted octanol–water partition coefficient (Wildman–Crippen LogP) is 3.99. The summed E-state index contributed by atoms with van der Waals surface area (Å²) in [7, 11) is 0. The van der Waals surface area contributed by atoms with E-state index in [0.717, 1.165) is 29.2 Å². The number of aryl methyl sites for hydroxylation is 2. The molecule has 0 aliphatic carbocycles. The average molecular weight is 273 g/mol. The van der Waals surface area contributed by atoms with E-state index in [-0.39, 0.29) is 6.04 Å². The largest absolute Gasteiger partial charge is 0.494 e. The molecule has 1 aromatic heterocycles. The number of rotatable bonds is 6. The number of benzene rings is 1. The monoisotopic (exact) mass is 273 g/mol. The van der Waals surface area contributed by atoms with Crippen LogP contribution in [-0.4, -0.2) is 13.2 Å². The van der Waals surface area contributed by atoms with Gasteiger partial charge in [-0.1, -0.05) is 24.6 Å². The molecule has 2 rings (SSSR count). The molecule has 20 heavy (non-hydrogen) atoms. The Morgan fingerprint density at radius 1 is 1.20 bits per heavy atom. The quantitative estimate of drug-likeness (QED) is 0.864. The number of nitrogens with one attached hydrogen (secondary N) is 1. The molecule has 0 saturated heterocycles. The molecular formula is C17H23NO2. The first kappa shape index (κ1) is 14.7. The molecule has 0 aliphatic rings. The van der Waals surface area contributed by atoms with Crippen molar-refractivity contribution in [1.82, 2.24) is 5.32 Å². The van der Waals surface area contributed by atoms with E-state index in [0.29, 0.717) is 6.61 Å². The van der Waals surface area contributed by atoms with Crippen LogP contribution in [0, 0.1) is 13.8 Å². The van der Waals surface area contributed by atoms with E-state index < -0.39 is 0 Å². The van der Waals surface area contributed by atoms with E-state index >= 15 is 0 Å². The van der Waals surface area contributed by atoms with E-state index in [9.17, 15) is 0 Å². The number of hydrogen-bond acceptors (Lipinski definition) is 3. The van der Waals surface area contributed by atoms with Gasteiger partial charge >= 0.3 is 0 Å². The Kier molecular flexibility index (Phi) is 4.85. The maximum Gasteiger partial charge on any atom is 0.124 e. The molecule has 3 heteroatoms. The molecule has 2 aromatic rings. The maximum atomic E-state index is 5.78. The number of ether oxygens (including phenoxy) is 1. The van der Waals surface area contributed by atoms with Crippen LogP contribution in [0.3, 0.4) is 0 Å². The van der Waals surface area contributed by atoms with Crippen LogP contribution in [0.5, 0.6) is 5.75 Å². The fourth-order valence-corrected chi connectivity index (χ4v) is 2.41. The maximum absolute atomic E-state index is 5.78. The Balaban J connectivity index is 2.45. The van der Waals surface area contributed by atoms with E-state index in [2.05, 4.69) is 37.4 Å². The van der Waals surface area contributed by atoms with Crippen LogP contribution < -0.4 is 10.1 Å². The lowest BCUT2D eigenvalue weighted by Crippen LogP contribution is -2.22. The standard InChI is InChI=1S/C17H23NO2/c1-5-18-17(14-10-13(4)20-11-14)15-9-12(3)7-8-16(15)19-6-2/h7-11,17-18H,5-6H2,1-4H3. The molecule has 1 heterocycles. The van der Waals surface area contributed by atoms with Gasteiger partial charge in [-0.05, 0) is 39.4 Å². The van der Waals surface area contributed by atoms with Gasteiger partial charge in [0.05, 0.1) is 18.9 Å². The van der Waals surface area contributed by atoms with Gasteiger partial charge in [0.15, 0.2) is 0 Å². The molecular weight excluding hydrogens is 250 g/mol. The topological polar surface area (TPSA) is 34.4 Å². The molecule has 1 atom stereocenters. The Hall–Kier alpha value is -1.74. The Labute approximate surface area is 121 Å². The van der Waals surface area contributed by atoms with Gasteiger partial charge in [-0.2, -0.15) is 0 Å². The minimum atomic E-state index is 0.0962. The van der Waals surface area contributed by atoms with Gasteiger partial charge in [-0.15, -0.1) is 0 Å². The SMILES string of the molecule is CCNC(c1coc(C)c1)c1cc(C)ccc1OCC. The normalized spacial score (nSPS) is 12.4. The fourth-order valence-electron chi connectivity index (χ4n) is 2.41. The summed E-state index contributed by atoms with van der Waals surface area (Å²) in [5.74, 6) is 1.86. The Morgan fingerprint density at radius 3 is 2.60 bits per heavy atom. The van der Waals surface area contributed by atoms with Crippen molar-refractivity contribution in [2.45, 2.75) is 33.7 Å². The van der Waals surface area contributed by atoms with Crippen LogP contribution in [0.25, 0.3) is 0 Å². The lowest BCUT2D eigenvalue weighted by molar-refractivity contribution is 0.333. The molecule has 0 aliphatic heterocycles. The average Bonchev–Trinajstić information content (AvgIpc) is 2.85. The molecule has 1 N–H and O–H groups in total. The summed E-state index contributed by atoms with van der Waals surface area (Å²) >= 11 is 0. The summed E-state index contributed by atoms with van der Waals surface area (Å²) < 4.78 is 11.2. The van der Waals surface area contributed by atoms with E-state index in [1.165, 1.54) is 5.56 Å². The third-order valence-electron chi connectivity index (χ3n) is 3.27. The lowest BCUT2D eigenvalue weighted by atomic mass is 9.98. The van der Waals surface area contributed by atoms with Crippen LogP contribution >= 0.6 is 0 Å². The molecule has 0 saturated carbocycles. The predicted molar refractivity (Wildman–Crippen MR) is 81.3 cm³/mol. The second-order valence-electron chi connectivity index (χ2n) is 4.96. The lowest BCUT2D eigenvalue weighted by Gasteiger charge is -2.20. The first-order valence-corrected chi connectivity index (χ1v) is 7.17.